The molecule has 0 aromatic heterocycles. The number of ketones is 1. The van der Waals surface area contributed by atoms with E-state index in [0.29, 0.717) is 6.42 Å². The number of rotatable bonds is 7. The quantitative estimate of drug-likeness (QED) is 0.314. The Morgan fingerprint density at radius 3 is 2.28 bits per heavy atom. The third-order valence-corrected chi connectivity index (χ3v) is 2.51. The summed E-state index contributed by atoms with van der Waals surface area (Å²) in [7, 11) is 1.61. The van der Waals surface area contributed by atoms with Crippen LogP contribution in [0, 0.1) is 0 Å². The van der Waals surface area contributed by atoms with Crippen LogP contribution in [0.5, 0.6) is 5.75 Å². The number of carboxylic acids is 1. The molecule has 0 unspecified atom stereocenters. The first-order valence-electron chi connectivity index (χ1n) is 5.50. The predicted octanol–water partition coefficient (Wildman–Crippen LogP) is -2.27. The van der Waals surface area contributed by atoms with Gasteiger partial charge in [-0.15, -0.1) is 0 Å². The second kappa shape index (κ2) is 9.14. The Balaban J connectivity index is 0.00000289. The van der Waals surface area contributed by atoms with Crippen LogP contribution in [0.3, 0.4) is 0 Å². The largest absolute Gasteiger partial charge is 1.00 e. The molecule has 0 aliphatic heterocycles. The molecule has 0 fully saturated rings. The molecule has 0 heterocycles. The van der Waals surface area contributed by atoms with Gasteiger partial charge in [-0.25, -0.2) is 0 Å². The van der Waals surface area contributed by atoms with Crippen LogP contribution in [0.15, 0.2) is 24.3 Å². The van der Waals surface area contributed by atoms with Crippen molar-refractivity contribution in [1.29, 1.82) is 0 Å². The Morgan fingerprint density at radius 1 is 1.17 bits per heavy atom. The Hall–Kier alpha value is -0.840. The van der Waals surface area contributed by atoms with Gasteiger partial charge >= 0.3 is 29.6 Å². The van der Waals surface area contributed by atoms with Crippen LogP contribution < -0.4 is 39.4 Å². The average Bonchev–Trinajstić information content (AvgIpc) is 2.35. The molecule has 5 heteroatoms. The number of carbonyl (C=O) groups is 2. The minimum Gasteiger partial charge on any atom is -0.542 e. The molecular formula is C13H15NaO4. The van der Waals surface area contributed by atoms with Gasteiger partial charge in [0.15, 0.2) is 5.78 Å². The van der Waals surface area contributed by atoms with Gasteiger partial charge in [-0.05, 0) is 37.0 Å². The number of hydrogen-bond donors (Lipinski definition) is 0. The van der Waals surface area contributed by atoms with E-state index in [1.54, 1.807) is 7.11 Å². The van der Waals surface area contributed by atoms with Crippen molar-refractivity contribution < 1.29 is 49.0 Å². The van der Waals surface area contributed by atoms with E-state index in [1.165, 1.54) is 0 Å². The molecule has 92 valence electrons. The molecule has 18 heavy (non-hydrogen) atoms. The molecule has 1 aromatic carbocycles. The zero-order valence-corrected chi connectivity index (χ0v) is 12.8. The smallest absolute Gasteiger partial charge is 0.542 e. The van der Waals surface area contributed by atoms with E-state index in [0.717, 1.165) is 24.2 Å². The first-order valence-corrected chi connectivity index (χ1v) is 5.50. The van der Waals surface area contributed by atoms with Crippen LogP contribution in [-0.2, 0) is 16.0 Å². The number of methoxy groups -OCH3 is 1. The van der Waals surface area contributed by atoms with E-state index in [9.17, 15) is 14.7 Å². The van der Waals surface area contributed by atoms with E-state index in [2.05, 4.69) is 0 Å². The molecule has 0 aliphatic rings. The standard InChI is InChI=1S/C13H16O4.Na/c1-17-11-8-6-10(7-9-11)4-2-3-5-12(14)13(15)16;/h6-9H,2-5H2,1H3,(H,15,16);/q;+1/p-1. The number of unbranched alkanes of at least 4 members (excludes halogenated alkanes) is 1. The first-order chi connectivity index (χ1) is 8.13. The van der Waals surface area contributed by atoms with Crippen LogP contribution in [-0.4, -0.2) is 18.9 Å². The molecule has 0 spiro atoms. The first kappa shape index (κ1) is 17.2. The number of Topliss-reactive ketones (excluding diaryl/α,β-unsaturated/α-hetero) is 1. The second-order valence-corrected chi connectivity index (χ2v) is 3.77. The van der Waals surface area contributed by atoms with E-state index in [1.807, 2.05) is 24.3 Å². The van der Waals surface area contributed by atoms with E-state index in [4.69, 9.17) is 4.74 Å². The molecule has 1 aromatic rings. The number of carbonyl (C=O) groups excluding carboxylic acids is 2. The fourth-order valence-corrected chi connectivity index (χ4v) is 1.51. The maximum absolute atomic E-state index is 10.8. The fourth-order valence-electron chi connectivity index (χ4n) is 1.51. The van der Waals surface area contributed by atoms with Crippen molar-refractivity contribution in [1.82, 2.24) is 0 Å². The van der Waals surface area contributed by atoms with Crippen molar-refractivity contribution in [3.05, 3.63) is 29.8 Å². The van der Waals surface area contributed by atoms with Gasteiger partial charge in [-0.3, -0.25) is 4.79 Å². The molecular weight excluding hydrogens is 243 g/mol. The van der Waals surface area contributed by atoms with Gasteiger partial charge in [-0.2, -0.15) is 0 Å². The summed E-state index contributed by atoms with van der Waals surface area (Å²) in [5.74, 6) is -1.60. The molecule has 0 aliphatic carbocycles. The molecule has 1 rings (SSSR count). The summed E-state index contributed by atoms with van der Waals surface area (Å²) in [6.45, 7) is 0. The molecule has 0 bridgehead atoms. The Bertz CT molecular complexity index is 386. The number of carboxylic acid groups (broad SMARTS) is 1. The molecule has 0 amide bonds. The fraction of sp³-hybridized carbons (Fsp3) is 0.385. The zero-order chi connectivity index (χ0) is 12.7. The molecule has 0 atom stereocenters. The summed E-state index contributed by atoms with van der Waals surface area (Å²) in [5.41, 5.74) is 1.15. The van der Waals surface area contributed by atoms with Gasteiger partial charge in [0.2, 0.25) is 0 Å². The number of hydrogen-bond acceptors (Lipinski definition) is 4. The van der Waals surface area contributed by atoms with E-state index < -0.39 is 11.8 Å². The predicted molar refractivity (Wildman–Crippen MR) is 60.6 cm³/mol. The van der Waals surface area contributed by atoms with Crippen molar-refractivity contribution in [2.24, 2.45) is 0 Å². The Labute approximate surface area is 129 Å². The summed E-state index contributed by atoms with van der Waals surface area (Å²) in [6.07, 6.45) is 2.23. The normalized spacial score (nSPS) is 9.39. The van der Waals surface area contributed by atoms with Gasteiger partial charge in [0.1, 0.15) is 11.7 Å². The van der Waals surface area contributed by atoms with Crippen LogP contribution in [0.4, 0.5) is 0 Å². The monoisotopic (exact) mass is 258 g/mol. The van der Waals surface area contributed by atoms with E-state index >= 15 is 0 Å². The van der Waals surface area contributed by atoms with Crippen molar-refractivity contribution in [3.8, 4) is 5.75 Å². The van der Waals surface area contributed by atoms with Crippen molar-refractivity contribution in [2.75, 3.05) is 7.11 Å². The van der Waals surface area contributed by atoms with Gasteiger partial charge < -0.3 is 14.6 Å². The van der Waals surface area contributed by atoms with Crippen LogP contribution in [0.1, 0.15) is 24.8 Å². The maximum Gasteiger partial charge on any atom is 1.00 e. The average molecular weight is 258 g/mol. The molecule has 0 saturated carbocycles. The molecule has 0 saturated heterocycles. The van der Waals surface area contributed by atoms with Gasteiger partial charge in [-0.1, -0.05) is 12.1 Å². The number of aliphatic carboxylic acids is 1. The summed E-state index contributed by atoms with van der Waals surface area (Å²) in [5, 5.41) is 10.2. The SMILES string of the molecule is COc1ccc(CCCCC(=O)C(=O)[O-])cc1.[Na+]. The Morgan fingerprint density at radius 2 is 1.78 bits per heavy atom. The number of aryl methyl sites for hydroxylation is 1. The molecule has 0 radical (unpaired) electrons. The number of ether oxygens (including phenoxy) is 1. The van der Waals surface area contributed by atoms with Crippen LogP contribution in [0.2, 0.25) is 0 Å². The minimum atomic E-state index is -1.59. The Kier molecular flexibility index (Phi) is 8.71. The van der Waals surface area contributed by atoms with Gasteiger partial charge in [0.05, 0.1) is 7.11 Å². The third kappa shape index (κ3) is 6.19. The minimum absolute atomic E-state index is 0. The number of benzene rings is 1. The molecule has 4 nitrogen and oxygen atoms in total. The molecule has 0 N–H and O–H groups in total. The zero-order valence-electron chi connectivity index (χ0n) is 10.8. The van der Waals surface area contributed by atoms with Crippen molar-refractivity contribution in [2.45, 2.75) is 25.7 Å². The van der Waals surface area contributed by atoms with Gasteiger partial charge in [0, 0.05) is 6.42 Å². The van der Waals surface area contributed by atoms with Crippen molar-refractivity contribution in [3.63, 3.8) is 0 Å². The third-order valence-electron chi connectivity index (χ3n) is 2.51. The van der Waals surface area contributed by atoms with Crippen LogP contribution >= 0.6 is 0 Å². The summed E-state index contributed by atoms with van der Waals surface area (Å²) >= 11 is 0. The van der Waals surface area contributed by atoms with Gasteiger partial charge in [0.25, 0.3) is 0 Å². The maximum atomic E-state index is 10.8. The second-order valence-electron chi connectivity index (χ2n) is 3.77. The van der Waals surface area contributed by atoms with Crippen LogP contribution in [0.25, 0.3) is 0 Å². The topological polar surface area (TPSA) is 66.4 Å². The van der Waals surface area contributed by atoms with E-state index in [-0.39, 0.29) is 36.0 Å². The summed E-state index contributed by atoms with van der Waals surface area (Å²) < 4.78 is 5.04. The summed E-state index contributed by atoms with van der Waals surface area (Å²) in [6, 6.07) is 7.67. The van der Waals surface area contributed by atoms with Crippen molar-refractivity contribution >= 4 is 11.8 Å². The summed E-state index contributed by atoms with van der Waals surface area (Å²) in [4.78, 5) is 20.9.